The first kappa shape index (κ1) is 24.7. The molecule has 0 N–H and O–H groups in total. The summed E-state index contributed by atoms with van der Waals surface area (Å²) in [5, 5.41) is 13.9. The van der Waals surface area contributed by atoms with Crippen LogP contribution in [0.1, 0.15) is 23.5 Å². The normalized spacial score (nSPS) is 17.5. The molecule has 2 unspecified atom stereocenters. The molecule has 190 valence electrons. The second-order valence-corrected chi connectivity index (χ2v) is 9.22. The van der Waals surface area contributed by atoms with E-state index in [0.717, 1.165) is 28.0 Å². The van der Waals surface area contributed by atoms with E-state index in [2.05, 4.69) is 30.3 Å². The number of nitrogens with zero attached hydrogens (tertiary/aromatic N) is 1. The number of amides is 1. The van der Waals surface area contributed by atoms with E-state index in [4.69, 9.17) is 14.2 Å². The molecule has 0 saturated carbocycles. The monoisotopic (exact) mass is 496 g/mol. The highest BCUT2D eigenvalue weighted by molar-refractivity contribution is 5.82. The van der Waals surface area contributed by atoms with Crippen molar-refractivity contribution < 1.29 is 24.1 Å². The molecule has 2 atom stereocenters. The van der Waals surface area contributed by atoms with Gasteiger partial charge < -0.3 is 29.0 Å². The Kier molecular flexibility index (Phi) is 7.87. The van der Waals surface area contributed by atoms with Gasteiger partial charge in [-0.05, 0) is 58.7 Å². The molecular formula is C31H30NO5-. The zero-order valence-corrected chi connectivity index (χ0v) is 20.6. The molecule has 0 aliphatic carbocycles. The van der Waals surface area contributed by atoms with Crippen LogP contribution < -0.4 is 14.6 Å². The molecule has 4 aromatic rings. The Balaban J connectivity index is 1.21. The number of para-hydroxylation sites is 1. The molecule has 0 spiro atoms. The number of ether oxygens (including phenoxy) is 3. The van der Waals surface area contributed by atoms with Crippen molar-refractivity contribution in [3.63, 3.8) is 0 Å². The van der Waals surface area contributed by atoms with Crippen molar-refractivity contribution in [2.75, 3.05) is 26.3 Å². The van der Waals surface area contributed by atoms with Crippen molar-refractivity contribution in [1.82, 2.24) is 4.90 Å². The lowest BCUT2D eigenvalue weighted by molar-refractivity contribution is -0.268. The van der Waals surface area contributed by atoms with E-state index in [0.29, 0.717) is 32.8 Å². The Morgan fingerprint density at radius 3 is 2.22 bits per heavy atom. The fourth-order valence-corrected chi connectivity index (χ4v) is 4.81. The van der Waals surface area contributed by atoms with Gasteiger partial charge in [-0.15, -0.1) is 0 Å². The molecule has 37 heavy (non-hydrogen) atoms. The minimum absolute atomic E-state index is 0.0755. The van der Waals surface area contributed by atoms with Crippen LogP contribution in [0.15, 0.2) is 97.1 Å². The number of hydrogen-bond acceptors (Lipinski definition) is 5. The Bertz CT molecular complexity index is 1310. The molecule has 5 rings (SSSR count). The van der Waals surface area contributed by atoms with Gasteiger partial charge in [-0.2, -0.15) is 0 Å². The summed E-state index contributed by atoms with van der Waals surface area (Å²) in [5.74, 6) is 1.66. The van der Waals surface area contributed by atoms with E-state index in [1.807, 2.05) is 66.7 Å². The summed E-state index contributed by atoms with van der Waals surface area (Å²) in [4.78, 5) is 12.9. The van der Waals surface area contributed by atoms with Gasteiger partial charge in [0.1, 0.15) is 30.8 Å². The second kappa shape index (κ2) is 11.8. The van der Waals surface area contributed by atoms with Crippen LogP contribution in [-0.4, -0.2) is 43.4 Å². The third-order valence-electron chi connectivity index (χ3n) is 6.77. The maximum atomic E-state index is 11.6. The van der Waals surface area contributed by atoms with Crippen molar-refractivity contribution >= 4 is 16.9 Å². The maximum absolute atomic E-state index is 11.6. The summed E-state index contributed by atoms with van der Waals surface area (Å²) < 4.78 is 17.8. The SMILES string of the molecule is O=C([O-])N1CCC(c2ccc(OCCOc3ccccc3)cc2)C(OCc2ccc3ccccc3c2)C1. The van der Waals surface area contributed by atoms with Gasteiger partial charge in [0.2, 0.25) is 0 Å². The average molecular weight is 497 g/mol. The van der Waals surface area contributed by atoms with Crippen molar-refractivity contribution in [1.29, 1.82) is 0 Å². The predicted octanol–water partition coefficient (Wildman–Crippen LogP) is 5.02. The topological polar surface area (TPSA) is 71.1 Å². The van der Waals surface area contributed by atoms with Crippen LogP contribution in [0.25, 0.3) is 10.8 Å². The number of likely N-dealkylation sites (tertiary alicyclic amines) is 1. The molecule has 6 nitrogen and oxygen atoms in total. The minimum Gasteiger partial charge on any atom is -0.530 e. The van der Waals surface area contributed by atoms with Gasteiger partial charge in [0.05, 0.1) is 12.7 Å². The summed E-state index contributed by atoms with van der Waals surface area (Å²) in [6.07, 6.45) is -0.759. The van der Waals surface area contributed by atoms with Crippen molar-refractivity contribution in [2.45, 2.75) is 25.0 Å². The van der Waals surface area contributed by atoms with Crippen LogP contribution in [-0.2, 0) is 11.3 Å². The lowest BCUT2D eigenvalue weighted by Crippen LogP contribution is -2.51. The van der Waals surface area contributed by atoms with Gasteiger partial charge in [-0.25, -0.2) is 0 Å². The minimum atomic E-state index is -1.15. The number of benzene rings is 4. The van der Waals surface area contributed by atoms with Crippen molar-refractivity contribution in [3.05, 3.63) is 108 Å². The van der Waals surface area contributed by atoms with Gasteiger partial charge in [0, 0.05) is 19.0 Å². The van der Waals surface area contributed by atoms with E-state index in [-0.39, 0.29) is 18.6 Å². The summed E-state index contributed by atoms with van der Waals surface area (Å²) in [7, 11) is 0. The quantitative estimate of drug-likeness (QED) is 0.305. The van der Waals surface area contributed by atoms with Gasteiger partial charge in [0.15, 0.2) is 0 Å². The van der Waals surface area contributed by atoms with E-state index < -0.39 is 6.09 Å². The third kappa shape index (κ3) is 6.40. The molecule has 1 aliphatic rings. The van der Waals surface area contributed by atoms with Crippen LogP contribution in [0.5, 0.6) is 11.5 Å². The predicted molar refractivity (Wildman–Crippen MR) is 141 cm³/mol. The van der Waals surface area contributed by atoms with Crippen molar-refractivity contribution in [3.8, 4) is 11.5 Å². The maximum Gasteiger partial charge on any atom is 0.137 e. The van der Waals surface area contributed by atoms with Gasteiger partial charge in [-0.1, -0.05) is 66.7 Å². The first-order valence-corrected chi connectivity index (χ1v) is 12.6. The van der Waals surface area contributed by atoms with Gasteiger partial charge >= 0.3 is 0 Å². The van der Waals surface area contributed by atoms with Gasteiger partial charge in [0.25, 0.3) is 0 Å². The van der Waals surface area contributed by atoms with E-state index in [1.165, 1.54) is 10.3 Å². The number of piperidine rings is 1. The highest BCUT2D eigenvalue weighted by atomic mass is 16.5. The molecule has 0 radical (unpaired) electrons. The largest absolute Gasteiger partial charge is 0.530 e. The summed E-state index contributed by atoms with van der Waals surface area (Å²) in [6.45, 7) is 2.02. The number of carboxylic acid groups (broad SMARTS) is 1. The van der Waals surface area contributed by atoms with E-state index in [9.17, 15) is 9.90 Å². The molecule has 6 heteroatoms. The van der Waals surface area contributed by atoms with E-state index >= 15 is 0 Å². The molecule has 1 saturated heterocycles. The summed E-state index contributed by atoms with van der Waals surface area (Å²) in [5.41, 5.74) is 2.17. The Hall–Kier alpha value is -4.03. The average Bonchev–Trinajstić information content (AvgIpc) is 2.95. The molecule has 1 amide bonds. The standard InChI is InChI=1S/C31H31NO5/c33-31(34)32-17-16-29(30(21-32)37-22-23-10-11-24-6-4-5-7-26(24)20-23)25-12-14-28(15-13-25)36-19-18-35-27-8-2-1-3-9-27/h1-15,20,29-30H,16-19,21-22H2,(H,33,34)/p-1. The zero-order valence-electron chi connectivity index (χ0n) is 20.6. The molecule has 4 aromatic carbocycles. The van der Waals surface area contributed by atoms with Gasteiger partial charge in [-0.3, -0.25) is 0 Å². The smallest absolute Gasteiger partial charge is 0.137 e. The molecule has 1 heterocycles. The lowest BCUT2D eigenvalue weighted by atomic mass is 9.87. The first-order chi connectivity index (χ1) is 18.2. The fourth-order valence-electron chi connectivity index (χ4n) is 4.81. The zero-order chi connectivity index (χ0) is 25.5. The van der Waals surface area contributed by atoms with E-state index in [1.54, 1.807) is 0 Å². The Labute approximate surface area is 217 Å². The number of carbonyl (C=O) groups excluding carboxylic acids is 1. The lowest BCUT2D eigenvalue weighted by Gasteiger charge is -2.40. The number of rotatable bonds is 9. The molecule has 1 aliphatic heterocycles. The fraction of sp³-hybridized carbons (Fsp3) is 0.258. The Morgan fingerprint density at radius 2 is 1.49 bits per heavy atom. The summed E-state index contributed by atoms with van der Waals surface area (Å²) >= 11 is 0. The van der Waals surface area contributed by atoms with Crippen LogP contribution in [0.4, 0.5) is 4.79 Å². The van der Waals surface area contributed by atoms with Crippen LogP contribution >= 0.6 is 0 Å². The van der Waals surface area contributed by atoms with Crippen LogP contribution in [0.2, 0.25) is 0 Å². The second-order valence-electron chi connectivity index (χ2n) is 9.22. The third-order valence-corrected chi connectivity index (χ3v) is 6.77. The molecule has 0 aromatic heterocycles. The number of carbonyl (C=O) groups is 1. The Morgan fingerprint density at radius 1 is 0.811 bits per heavy atom. The van der Waals surface area contributed by atoms with Crippen LogP contribution in [0, 0.1) is 0 Å². The number of fused-ring (bicyclic) bond motifs is 1. The van der Waals surface area contributed by atoms with Crippen molar-refractivity contribution in [2.24, 2.45) is 0 Å². The summed E-state index contributed by atoms with van der Waals surface area (Å²) in [6, 6.07) is 32.1. The highest BCUT2D eigenvalue weighted by Crippen LogP contribution is 2.32. The highest BCUT2D eigenvalue weighted by Gasteiger charge is 2.31. The van der Waals surface area contributed by atoms with Crippen LogP contribution in [0.3, 0.4) is 0 Å². The molecular weight excluding hydrogens is 466 g/mol. The molecule has 1 fully saturated rings. The number of hydrogen-bond donors (Lipinski definition) is 0. The first-order valence-electron chi connectivity index (χ1n) is 12.6. The molecule has 0 bridgehead atoms.